The third-order valence-electron chi connectivity index (χ3n) is 6.89. The number of aromatic nitrogens is 6. The van der Waals surface area contributed by atoms with E-state index in [2.05, 4.69) is 15.2 Å². The summed E-state index contributed by atoms with van der Waals surface area (Å²) in [5.74, 6) is 3.28. The number of imidazole rings is 1. The highest BCUT2D eigenvalue weighted by molar-refractivity contribution is 5.91. The van der Waals surface area contributed by atoms with Gasteiger partial charge in [0.25, 0.3) is 0 Å². The van der Waals surface area contributed by atoms with Crippen LogP contribution < -0.4 is 24.4 Å². The van der Waals surface area contributed by atoms with Crippen LogP contribution in [0.2, 0.25) is 0 Å². The maximum absolute atomic E-state index is 10.0. The van der Waals surface area contributed by atoms with Crippen molar-refractivity contribution in [3.8, 4) is 22.9 Å². The predicted molar refractivity (Wildman–Crippen MR) is 146 cm³/mol. The first kappa shape index (κ1) is 26.5. The Morgan fingerprint density at radius 3 is 2.51 bits per heavy atom. The van der Waals surface area contributed by atoms with E-state index in [0.29, 0.717) is 47.8 Å². The lowest BCUT2D eigenvalue weighted by atomic mass is 10.2. The van der Waals surface area contributed by atoms with E-state index in [1.807, 2.05) is 34.5 Å². The molecular formula is C26H34N8O5. The van der Waals surface area contributed by atoms with Gasteiger partial charge in [-0.15, -0.1) is 0 Å². The average molecular weight is 539 g/mol. The van der Waals surface area contributed by atoms with Crippen molar-refractivity contribution < 1.29 is 24.1 Å². The van der Waals surface area contributed by atoms with Gasteiger partial charge in [-0.2, -0.15) is 15.1 Å². The maximum Gasteiger partial charge on any atom is 0.232 e. The number of aliphatic hydroxyl groups excluding tert-OH is 1. The van der Waals surface area contributed by atoms with E-state index in [4.69, 9.17) is 34.0 Å². The Bertz CT molecular complexity index is 1430. The number of rotatable bonds is 11. The number of aliphatic hydroxyl groups is 1. The van der Waals surface area contributed by atoms with Gasteiger partial charge in [0.2, 0.25) is 11.7 Å². The van der Waals surface area contributed by atoms with E-state index >= 15 is 0 Å². The van der Waals surface area contributed by atoms with Gasteiger partial charge in [0, 0.05) is 25.8 Å². The highest BCUT2D eigenvalue weighted by Crippen LogP contribution is 2.39. The van der Waals surface area contributed by atoms with E-state index in [0.717, 1.165) is 42.0 Å². The molecule has 39 heavy (non-hydrogen) atoms. The minimum absolute atomic E-state index is 0.00286. The van der Waals surface area contributed by atoms with Gasteiger partial charge in [-0.05, 0) is 19.8 Å². The van der Waals surface area contributed by atoms with Gasteiger partial charge in [0.05, 0.1) is 70.1 Å². The summed E-state index contributed by atoms with van der Waals surface area (Å²) in [4.78, 5) is 16.4. The summed E-state index contributed by atoms with van der Waals surface area (Å²) in [6.45, 7) is 3.87. The highest BCUT2D eigenvalue weighted by atomic mass is 16.5. The number of hydrogen-bond donors (Lipinski definition) is 2. The average Bonchev–Trinajstić information content (AvgIpc) is 3.70. The summed E-state index contributed by atoms with van der Waals surface area (Å²) >= 11 is 0. The zero-order valence-electron chi connectivity index (χ0n) is 22.8. The highest BCUT2D eigenvalue weighted by Gasteiger charge is 2.29. The number of aryl methyl sites for hydroxylation is 1. The van der Waals surface area contributed by atoms with Gasteiger partial charge in [-0.1, -0.05) is 0 Å². The van der Waals surface area contributed by atoms with Crippen LogP contribution in [0.4, 0.5) is 17.6 Å². The van der Waals surface area contributed by atoms with E-state index in [1.165, 1.54) is 0 Å². The summed E-state index contributed by atoms with van der Waals surface area (Å²) < 4.78 is 25.4. The Morgan fingerprint density at radius 2 is 1.85 bits per heavy atom. The number of nitrogens with zero attached hydrogens (tertiary/aromatic N) is 7. The van der Waals surface area contributed by atoms with Crippen LogP contribution >= 0.6 is 0 Å². The molecule has 0 unspecified atom stereocenters. The quantitative estimate of drug-likeness (QED) is 0.292. The van der Waals surface area contributed by atoms with Crippen LogP contribution in [0, 0.1) is 6.92 Å². The first-order valence-electron chi connectivity index (χ1n) is 12.7. The molecule has 0 bridgehead atoms. The largest absolute Gasteiger partial charge is 0.493 e. The fourth-order valence-corrected chi connectivity index (χ4v) is 4.99. The lowest BCUT2D eigenvalue weighted by Gasteiger charge is -2.25. The van der Waals surface area contributed by atoms with Crippen LogP contribution in [0.1, 0.15) is 18.5 Å². The molecule has 3 aromatic heterocycles. The molecule has 0 radical (unpaired) electrons. The van der Waals surface area contributed by atoms with E-state index in [1.54, 1.807) is 34.8 Å². The number of nitrogens with one attached hydrogen (secondary N) is 1. The van der Waals surface area contributed by atoms with Gasteiger partial charge < -0.3 is 38.8 Å². The standard InChI is InChI=1S/C26H34N8O5/c1-16-22-24(33-8-6-7-17(33)14-35)29-26(30-25(22)34(31-16)9-10-36-2)28-21-13-32(15-27-21)18-11-19(37-3)23(39-5)20(12-18)38-4/h11-13,15,17,35H,6-10,14H2,1-5H3,(H,28,29,30)/t17-/m0/s1. The van der Waals surface area contributed by atoms with Crippen LogP contribution in [0.15, 0.2) is 24.7 Å². The normalized spacial score (nSPS) is 15.2. The van der Waals surface area contributed by atoms with Crippen molar-refractivity contribution in [3.63, 3.8) is 0 Å². The zero-order valence-corrected chi connectivity index (χ0v) is 22.8. The van der Waals surface area contributed by atoms with E-state index < -0.39 is 0 Å². The number of methoxy groups -OCH3 is 4. The van der Waals surface area contributed by atoms with Crippen molar-refractivity contribution in [2.45, 2.75) is 32.4 Å². The topological polar surface area (TPSA) is 134 Å². The molecule has 1 fully saturated rings. The molecule has 1 atom stereocenters. The summed E-state index contributed by atoms with van der Waals surface area (Å²) in [6, 6.07) is 3.68. The third-order valence-corrected chi connectivity index (χ3v) is 6.89. The number of ether oxygens (including phenoxy) is 4. The van der Waals surface area contributed by atoms with Crippen LogP contribution in [0.5, 0.6) is 17.2 Å². The second-order valence-corrected chi connectivity index (χ2v) is 9.22. The smallest absolute Gasteiger partial charge is 0.232 e. The van der Waals surface area contributed by atoms with Crippen molar-refractivity contribution in [2.75, 3.05) is 58.4 Å². The van der Waals surface area contributed by atoms with Crippen molar-refractivity contribution in [1.82, 2.24) is 29.3 Å². The minimum Gasteiger partial charge on any atom is -0.493 e. The number of fused-ring (bicyclic) bond motifs is 1. The van der Waals surface area contributed by atoms with Gasteiger partial charge in [-0.3, -0.25) is 0 Å². The molecule has 208 valence electrons. The maximum atomic E-state index is 10.0. The minimum atomic E-state index is -0.00286. The van der Waals surface area contributed by atoms with Gasteiger partial charge in [-0.25, -0.2) is 9.67 Å². The molecule has 2 N–H and O–H groups in total. The first-order valence-corrected chi connectivity index (χ1v) is 12.7. The number of benzene rings is 1. The fourth-order valence-electron chi connectivity index (χ4n) is 4.99. The SMILES string of the molecule is COCCn1nc(C)c2c(N3CCC[C@H]3CO)nc(Nc3cn(-c4cc(OC)c(OC)c(OC)c4)cn3)nc21. The molecule has 0 amide bonds. The molecule has 0 saturated carbocycles. The first-order chi connectivity index (χ1) is 19.0. The molecule has 5 rings (SSSR count). The molecule has 4 heterocycles. The molecule has 1 aromatic carbocycles. The second-order valence-electron chi connectivity index (χ2n) is 9.22. The number of anilines is 3. The Hall–Kier alpha value is -4.10. The Balaban J connectivity index is 1.53. The molecule has 0 spiro atoms. The van der Waals surface area contributed by atoms with Crippen LogP contribution in [0.25, 0.3) is 16.7 Å². The van der Waals surface area contributed by atoms with Crippen LogP contribution in [0.3, 0.4) is 0 Å². The Kier molecular flexibility index (Phi) is 7.70. The summed E-state index contributed by atoms with van der Waals surface area (Å²) in [5, 5.41) is 18.8. The van der Waals surface area contributed by atoms with E-state index in [9.17, 15) is 5.11 Å². The van der Waals surface area contributed by atoms with Gasteiger partial charge in [0.1, 0.15) is 12.1 Å². The molecule has 13 heteroatoms. The fraction of sp³-hybridized carbons (Fsp3) is 0.462. The molecule has 1 saturated heterocycles. The molecule has 4 aromatic rings. The molecule has 1 aliphatic heterocycles. The zero-order chi connectivity index (χ0) is 27.5. The van der Waals surface area contributed by atoms with Crippen molar-refractivity contribution >= 4 is 28.6 Å². The lowest BCUT2D eigenvalue weighted by molar-refractivity contribution is 0.184. The number of hydrogen-bond acceptors (Lipinski definition) is 11. The summed E-state index contributed by atoms with van der Waals surface area (Å²) in [5.41, 5.74) is 2.31. The molecule has 1 aliphatic rings. The molecular weight excluding hydrogens is 504 g/mol. The monoisotopic (exact) mass is 538 g/mol. The third kappa shape index (κ3) is 5.02. The van der Waals surface area contributed by atoms with Gasteiger partial charge >= 0.3 is 0 Å². The second kappa shape index (κ2) is 11.3. The Morgan fingerprint density at radius 1 is 1.08 bits per heavy atom. The molecule has 0 aliphatic carbocycles. The lowest BCUT2D eigenvalue weighted by Crippen LogP contribution is -2.33. The van der Waals surface area contributed by atoms with Crippen molar-refractivity contribution in [2.24, 2.45) is 0 Å². The van der Waals surface area contributed by atoms with E-state index in [-0.39, 0.29) is 12.6 Å². The van der Waals surface area contributed by atoms with Crippen molar-refractivity contribution in [3.05, 3.63) is 30.4 Å². The predicted octanol–water partition coefficient (Wildman–Crippen LogP) is 2.70. The summed E-state index contributed by atoms with van der Waals surface area (Å²) in [7, 11) is 6.38. The van der Waals surface area contributed by atoms with Crippen molar-refractivity contribution in [1.29, 1.82) is 0 Å². The molecule has 13 nitrogen and oxygen atoms in total. The van der Waals surface area contributed by atoms with Crippen LogP contribution in [-0.2, 0) is 11.3 Å². The van der Waals surface area contributed by atoms with Gasteiger partial charge in [0.15, 0.2) is 23.0 Å². The summed E-state index contributed by atoms with van der Waals surface area (Å²) in [6.07, 6.45) is 5.39. The Labute approximate surface area is 226 Å². The van der Waals surface area contributed by atoms with Crippen LogP contribution in [-0.4, -0.2) is 88.6 Å².